The van der Waals surface area contributed by atoms with Crippen LogP contribution in [0.3, 0.4) is 0 Å². The van der Waals surface area contributed by atoms with Crippen LogP contribution in [0, 0.1) is 35.2 Å². The number of carboxylic acid groups (broad SMARTS) is 1. The Hall–Kier alpha value is -4.31. The summed E-state index contributed by atoms with van der Waals surface area (Å²) in [6, 6.07) is 9.81. The third-order valence-electron chi connectivity index (χ3n) is 8.78. The van der Waals surface area contributed by atoms with Gasteiger partial charge < -0.3 is 23.9 Å². The maximum Gasteiger partial charge on any atom is 0.320 e. The number of rotatable bonds is 11. The fourth-order valence-corrected chi connectivity index (χ4v) is 6.20. The van der Waals surface area contributed by atoms with Crippen molar-refractivity contribution in [2.24, 2.45) is 5.92 Å². The Labute approximate surface area is 273 Å². The van der Waals surface area contributed by atoms with Crippen molar-refractivity contribution >= 4 is 28.6 Å². The first-order chi connectivity index (χ1) is 22.7. The standard InChI is InChI=1S/C34H30ClF3N4O5/c35-20-1-5-30(26(37)15-20)46-18-28-25(36)4-6-32(39-28)47-21-7-10-41(11-8-21)17-31-40-33-27(38)13-19(23-2-3-24(23)34(43)44)14-29(33)42(31)16-22-9-12-45-22/h1,4-6,13-15,21-24H,7-12,16-18H2,(H,43,44)/t22-,23?,24?/m0/s1. The lowest BCUT2D eigenvalue weighted by Gasteiger charge is -2.32. The molecule has 4 heterocycles. The number of pyridine rings is 1. The number of carbonyl (C=O) groups is 1. The molecular weight excluding hydrogens is 637 g/mol. The van der Waals surface area contributed by atoms with Gasteiger partial charge >= 0.3 is 5.97 Å². The number of carboxylic acids is 1. The van der Waals surface area contributed by atoms with Crippen LogP contribution >= 0.6 is 11.6 Å². The highest BCUT2D eigenvalue weighted by atomic mass is 35.5. The van der Waals surface area contributed by atoms with Crippen molar-refractivity contribution in [3.8, 4) is 23.5 Å². The molecular formula is C34H30ClF3N4O5. The largest absolute Gasteiger partial charge is 0.484 e. The topological polar surface area (TPSA) is 98.9 Å². The number of halogens is 4. The van der Waals surface area contributed by atoms with Gasteiger partial charge in [-0.2, -0.15) is 0 Å². The normalized spacial score (nSPS) is 21.1. The summed E-state index contributed by atoms with van der Waals surface area (Å²) in [4.78, 5) is 22.7. The van der Waals surface area contributed by atoms with E-state index in [0.29, 0.717) is 62.5 Å². The van der Waals surface area contributed by atoms with Gasteiger partial charge in [-0.15, -0.1) is 0 Å². The second kappa shape index (κ2) is 13.1. The van der Waals surface area contributed by atoms with E-state index in [-0.39, 0.29) is 46.7 Å². The SMILES string of the molecule is O=C(O)C1C#CC1c1cc(F)c2nc(CN3CCC(Oc4ccc(F)c(COc5ccc(Cl)cc5F)n4)CC3)n(C[C@@H]3CCO3)c2c1. The van der Waals surface area contributed by atoms with Gasteiger partial charge in [-0.25, -0.2) is 23.1 Å². The molecule has 2 unspecified atom stereocenters. The predicted octanol–water partition coefficient (Wildman–Crippen LogP) is 5.71. The molecule has 1 N–H and O–H groups in total. The molecule has 0 bridgehead atoms. The Balaban J connectivity index is 1.01. The van der Waals surface area contributed by atoms with E-state index in [0.717, 1.165) is 12.5 Å². The summed E-state index contributed by atoms with van der Waals surface area (Å²) < 4.78 is 63.1. The smallest absolute Gasteiger partial charge is 0.320 e. The molecule has 2 fully saturated rings. The monoisotopic (exact) mass is 666 g/mol. The number of piperidine rings is 1. The van der Waals surface area contributed by atoms with Crippen molar-refractivity contribution in [1.29, 1.82) is 0 Å². The van der Waals surface area contributed by atoms with E-state index < -0.39 is 35.3 Å². The Kier molecular flexibility index (Phi) is 8.70. The number of fused-ring (bicyclic) bond motifs is 1. The number of aliphatic carboxylic acids is 1. The number of nitrogens with zero attached hydrogens (tertiary/aromatic N) is 4. The summed E-state index contributed by atoms with van der Waals surface area (Å²) in [6.07, 6.45) is 2.06. The number of aromatic nitrogens is 3. The van der Waals surface area contributed by atoms with E-state index in [1.54, 1.807) is 0 Å². The van der Waals surface area contributed by atoms with Crippen LogP contribution in [0.5, 0.6) is 11.6 Å². The van der Waals surface area contributed by atoms with Crippen LogP contribution in [0.15, 0.2) is 42.5 Å². The van der Waals surface area contributed by atoms with Gasteiger partial charge in [0, 0.05) is 30.8 Å². The summed E-state index contributed by atoms with van der Waals surface area (Å²) in [5.74, 6) is 2.19. The zero-order valence-electron chi connectivity index (χ0n) is 25.1. The lowest BCUT2D eigenvalue weighted by molar-refractivity contribution is -0.140. The molecule has 0 spiro atoms. The van der Waals surface area contributed by atoms with Crippen LogP contribution in [0.2, 0.25) is 5.02 Å². The molecule has 0 radical (unpaired) electrons. The second-order valence-corrected chi connectivity index (χ2v) is 12.3. The van der Waals surface area contributed by atoms with Gasteiger partial charge in [-0.05, 0) is 61.2 Å². The van der Waals surface area contributed by atoms with Crippen molar-refractivity contribution in [2.45, 2.75) is 57.1 Å². The lowest BCUT2D eigenvalue weighted by atomic mass is 9.80. The molecule has 4 aromatic rings. The van der Waals surface area contributed by atoms with Crippen LogP contribution in [0.25, 0.3) is 11.0 Å². The molecule has 3 atom stereocenters. The fourth-order valence-electron chi connectivity index (χ4n) is 6.04. The molecule has 9 nitrogen and oxygen atoms in total. The Bertz CT molecular complexity index is 1900. The summed E-state index contributed by atoms with van der Waals surface area (Å²) in [5, 5.41) is 9.69. The number of likely N-dealkylation sites (tertiary alicyclic amines) is 1. The Morgan fingerprint density at radius 1 is 1.02 bits per heavy atom. The minimum Gasteiger partial charge on any atom is -0.484 e. The van der Waals surface area contributed by atoms with Crippen molar-refractivity contribution in [2.75, 3.05) is 19.7 Å². The van der Waals surface area contributed by atoms with Gasteiger partial charge in [0.05, 0.1) is 30.6 Å². The average Bonchev–Trinajstić information content (AvgIpc) is 3.33. The first kappa shape index (κ1) is 31.3. The third kappa shape index (κ3) is 6.61. The van der Waals surface area contributed by atoms with Gasteiger partial charge in [0.25, 0.3) is 0 Å². The quantitative estimate of drug-likeness (QED) is 0.203. The highest BCUT2D eigenvalue weighted by Gasteiger charge is 2.34. The van der Waals surface area contributed by atoms with Crippen LogP contribution in [0.4, 0.5) is 13.2 Å². The molecule has 13 heteroatoms. The minimum atomic E-state index is -1.02. The highest BCUT2D eigenvalue weighted by Crippen LogP contribution is 2.34. The first-order valence-electron chi connectivity index (χ1n) is 15.4. The van der Waals surface area contributed by atoms with Crippen LogP contribution < -0.4 is 9.47 Å². The third-order valence-corrected chi connectivity index (χ3v) is 9.01. The van der Waals surface area contributed by atoms with E-state index in [4.69, 9.17) is 25.8 Å². The maximum atomic E-state index is 15.4. The molecule has 2 saturated heterocycles. The molecule has 1 aliphatic carbocycles. The van der Waals surface area contributed by atoms with Crippen molar-refractivity contribution in [3.63, 3.8) is 0 Å². The van der Waals surface area contributed by atoms with Crippen LogP contribution in [-0.4, -0.2) is 62.4 Å². The lowest BCUT2D eigenvalue weighted by Crippen LogP contribution is -2.39. The molecule has 2 aromatic carbocycles. The van der Waals surface area contributed by atoms with E-state index >= 15 is 4.39 Å². The van der Waals surface area contributed by atoms with Crippen LogP contribution in [0.1, 0.15) is 42.3 Å². The van der Waals surface area contributed by atoms with Crippen molar-refractivity contribution in [1.82, 2.24) is 19.4 Å². The van der Waals surface area contributed by atoms with Crippen molar-refractivity contribution in [3.05, 3.63) is 82.0 Å². The van der Waals surface area contributed by atoms with Gasteiger partial charge in [0.1, 0.15) is 41.5 Å². The molecule has 0 amide bonds. The van der Waals surface area contributed by atoms with E-state index in [2.05, 4.69) is 26.7 Å². The Morgan fingerprint density at radius 3 is 2.51 bits per heavy atom. The van der Waals surface area contributed by atoms with Gasteiger partial charge in [0.2, 0.25) is 5.88 Å². The molecule has 244 valence electrons. The number of hydrogen-bond donors (Lipinski definition) is 1. The minimum absolute atomic E-state index is 0.00372. The van der Waals surface area contributed by atoms with Gasteiger partial charge in [-0.1, -0.05) is 23.4 Å². The Morgan fingerprint density at radius 2 is 1.83 bits per heavy atom. The van der Waals surface area contributed by atoms with Gasteiger partial charge in [-0.3, -0.25) is 9.69 Å². The van der Waals surface area contributed by atoms with E-state index in [1.807, 2.05) is 10.6 Å². The molecule has 0 saturated carbocycles. The molecule has 7 rings (SSSR count). The molecule has 2 aliphatic heterocycles. The zero-order valence-corrected chi connectivity index (χ0v) is 25.9. The summed E-state index contributed by atoms with van der Waals surface area (Å²) in [5.41, 5.74) is 1.36. The molecule has 47 heavy (non-hydrogen) atoms. The number of imidazole rings is 1. The van der Waals surface area contributed by atoms with Crippen LogP contribution in [-0.2, 0) is 29.2 Å². The maximum absolute atomic E-state index is 15.4. The van der Waals surface area contributed by atoms with E-state index in [9.17, 15) is 18.7 Å². The second-order valence-electron chi connectivity index (χ2n) is 11.9. The average molecular weight is 667 g/mol. The summed E-state index contributed by atoms with van der Waals surface area (Å²) in [6.45, 7) is 2.72. The molecule has 3 aliphatic rings. The predicted molar refractivity (Wildman–Crippen MR) is 165 cm³/mol. The number of hydrogen-bond acceptors (Lipinski definition) is 7. The van der Waals surface area contributed by atoms with Crippen molar-refractivity contribution < 1.29 is 37.3 Å². The number of benzene rings is 2. The zero-order chi connectivity index (χ0) is 32.7. The van der Waals surface area contributed by atoms with E-state index in [1.165, 1.54) is 30.3 Å². The number of ether oxygens (including phenoxy) is 3. The summed E-state index contributed by atoms with van der Waals surface area (Å²) in [7, 11) is 0. The highest BCUT2D eigenvalue weighted by molar-refractivity contribution is 6.30. The fraction of sp³-hybridized carbons (Fsp3) is 0.382. The first-order valence-corrected chi connectivity index (χ1v) is 15.8. The summed E-state index contributed by atoms with van der Waals surface area (Å²) >= 11 is 5.78. The van der Waals surface area contributed by atoms with Gasteiger partial charge in [0.15, 0.2) is 17.4 Å². The molecule has 2 aromatic heterocycles.